The third-order valence-electron chi connectivity index (χ3n) is 4.58. The Morgan fingerprint density at radius 3 is 2.50 bits per heavy atom. The molecule has 0 saturated carbocycles. The maximum Gasteiger partial charge on any atom is 0.0497 e. The van der Waals surface area contributed by atoms with Gasteiger partial charge in [-0.15, -0.1) is 0 Å². The van der Waals surface area contributed by atoms with E-state index in [4.69, 9.17) is 5.73 Å². The normalized spacial score (nSPS) is 19.1. The van der Waals surface area contributed by atoms with Gasteiger partial charge < -0.3 is 5.73 Å². The maximum absolute atomic E-state index is 6.59. The van der Waals surface area contributed by atoms with Crippen LogP contribution in [0.2, 0.25) is 0 Å². The van der Waals surface area contributed by atoms with Crippen molar-refractivity contribution in [1.29, 1.82) is 0 Å². The number of hydrogen-bond acceptors (Lipinski definition) is 3. The molecule has 1 aliphatic heterocycles. The van der Waals surface area contributed by atoms with Gasteiger partial charge in [-0.3, -0.25) is 9.88 Å². The number of aromatic nitrogens is 1. The van der Waals surface area contributed by atoms with E-state index in [0.717, 1.165) is 18.4 Å². The van der Waals surface area contributed by atoms with Crippen LogP contribution in [0.15, 0.2) is 24.5 Å². The van der Waals surface area contributed by atoms with Gasteiger partial charge in [-0.25, -0.2) is 0 Å². The summed E-state index contributed by atoms with van der Waals surface area (Å²) < 4.78 is 0. The number of pyridine rings is 1. The van der Waals surface area contributed by atoms with Gasteiger partial charge in [-0.2, -0.15) is 0 Å². The second-order valence-electron chi connectivity index (χ2n) is 5.27. The van der Waals surface area contributed by atoms with E-state index in [1.54, 1.807) is 0 Å². The summed E-state index contributed by atoms with van der Waals surface area (Å²) in [6.07, 6.45) is 8.54. The highest BCUT2D eigenvalue weighted by atomic mass is 15.2. The minimum Gasteiger partial charge on any atom is -0.322 e. The van der Waals surface area contributed by atoms with Gasteiger partial charge in [0.25, 0.3) is 0 Å². The molecule has 1 aliphatic rings. The summed E-state index contributed by atoms with van der Waals surface area (Å²) in [4.78, 5) is 6.82. The third-order valence-corrected chi connectivity index (χ3v) is 4.58. The Kier molecular flexibility index (Phi) is 4.36. The second kappa shape index (κ2) is 5.81. The summed E-state index contributed by atoms with van der Waals surface area (Å²) in [6, 6.07) is 4.14. The molecule has 3 nitrogen and oxygen atoms in total. The molecule has 1 fully saturated rings. The molecule has 2 N–H and O–H groups in total. The van der Waals surface area contributed by atoms with Crippen LogP contribution in [0.4, 0.5) is 0 Å². The molecule has 1 aromatic rings. The van der Waals surface area contributed by atoms with E-state index in [0.29, 0.717) is 0 Å². The van der Waals surface area contributed by atoms with Gasteiger partial charge >= 0.3 is 0 Å². The molecule has 3 heteroatoms. The molecule has 0 aromatic carbocycles. The van der Waals surface area contributed by atoms with Crippen LogP contribution in [-0.4, -0.2) is 28.5 Å². The van der Waals surface area contributed by atoms with E-state index < -0.39 is 0 Å². The maximum atomic E-state index is 6.59. The Morgan fingerprint density at radius 1 is 1.33 bits per heavy atom. The minimum absolute atomic E-state index is 0.0549. The van der Waals surface area contributed by atoms with Gasteiger partial charge in [-0.1, -0.05) is 19.9 Å². The number of nitrogens with zero attached hydrogens (tertiary/aromatic N) is 2. The van der Waals surface area contributed by atoms with E-state index in [9.17, 15) is 0 Å². The predicted octanol–water partition coefficient (Wildman–Crippen LogP) is 2.74. The lowest BCUT2D eigenvalue weighted by Crippen LogP contribution is -2.53. The van der Waals surface area contributed by atoms with Crippen LogP contribution in [-0.2, 0) is 0 Å². The zero-order valence-electron chi connectivity index (χ0n) is 11.6. The standard InChI is InChI=1S/C15H25N3/c1-3-15(4-2,18-10-5-6-11-18)14(16)13-8-7-9-17-12-13/h7-9,12,14H,3-6,10-11,16H2,1-2H3. The van der Waals surface area contributed by atoms with E-state index in [1.165, 1.54) is 25.9 Å². The Bertz CT molecular complexity index is 353. The van der Waals surface area contributed by atoms with Crippen LogP contribution in [0.1, 0.15) is 51.1 Å². The van der Waals surface area contributed by atoms with Gasteiger partial charge in [0.05, 0.1) is 0 Å². The lowest BCUT2D eigenvalue weighted by molar-refractivity contribution is 0.0765. The van der Waals surface area contributed by atoms with Gasteiger partial charge in [0.1, 0.15) is 0 Å². The average molecular weight is 247 g/mol. The predicted molar refractivity (Wildman–Crippen MR) is 75.3 cm³/mol. The summed E-state index contributed by atoms with van der Waals surface area (Å²) in [5.41, 5.74) is 7.85. The molecule has 0 amide bonds. The van der Waals surface area contributed by atoms with Crippen molar-refractivity contribution in [2.24, 2.45) is 5.73 Å². The zero-order chi connectivity index (χ0) is 13.0. The van der Waals surface area contributed by atoms with E-state index in [1.807, 2.05) is 18.5 Å². The lowest BCUT2D eigenvalue weighted by Gasteiger charge is -2.45. The summed E-state index contributed by atoms with van der Waals surface area (Å²) >= 11 is 0. The first-order chi connectivity index (χ1) is 8.74. The molecule has 0 aliphatic carbocycles. The zero-order valence-corrected chi connectivity index (χ0v) is 11.6. The van der Waals surface area contributed by atoms with Crippen molar-refractivity contribution in [1.82, 2.24) is 9.88 Å². The first kappa shape index (κ1) is 13.5. The van der Waals surface area contributed by atoms with Crippen LogP contribution in [0.3, 0.4) is 0 Å². The highest BCUT2D eigenvalue weighted by molar-refractivity contribution is 5.19. The van der Waals surface area contributed by atoms with Gasteiger partial charge in [-0.05, 0) is 50.4 Å². The number of hydrogen-bond donors (Lipinski definition) is 1. The van der Waals surface area contributed by atoms with Crippen LogP contribution >= 0.6 is 0 Å². The molecule has 100 valence electrons. The van der Waals surface area contributed by atoms with Gasteiger partial charge in [0, 0.05) is 24.0 Å². The molecule has 18 heavy (non-hydrogen) atoms. The van der Waals surface area contributed by atoms with E-state index in [-0.39, 0.29) is 11.6 Å². The van der Waals surface area contributed by atoms with Crippen molar-refractivity contribution >= 4 is 0 Å². The van der Waals surface area contributed by atoms with Gasteiger partial charge in [0.15, 0.2) is 0 Å². The van der Waals surface area contributed by atoms with Crippen molar-refractivity contribution in [2.45, 2.75) is 51.1 Å². The Labute approximate surface area is 110 Å². The molecular weight excluding hydrogens is 222 g/mol. The van der Waals surface area contributed by atoms with Crippen LogP contribution in [0.5, 0.6) is 0 Å². The molecular formula is C15H25N3. The minimum atomic E-state index is 0.0549. The topological polar surface area (TPSA) is 42.1 Å². The van der Waals surface area contributed by atoms with Crippen molar-refractivity contribution in [3.05, 3.63) is 30.1 Å². The summed E-state index contributed by atoms with van der Waals surface area (Å²) in [6.45, 7) is 6.90. The fourth-order valence-electron chi connectivity index (χ4n) is 3.37. The molecule has 0 spiro atoms. The van der Waals surface area contributed by atoms with Crippen molar-refractivity contribution < 1.29 is 0 Å². The number of likely N-dealkylation sites (tertiary alicyclic amines) is 1. The largest absolute Gasteiger partial charge is 0.322 e. The Hall–Kier alpha value is -0.930. The number of rotatable bonds is 5. The van der Waals surface area contributed by atoms with Gasteiger partial charge in [0.2, 0.25) is 0 Å². The molecule has 1 atom stereocenters. The first-order valence-corrected chi connectivity index (χ1v) is 7.15. The lowest BCUT2D eigenvalue weighted by atomic mass is 9.80. The smallest absolute Gasteiger partial charge is 0.0497 e. The number of nitrogens with two attached hydrogens (primary N) is 1. The molecule has 0 radical (unpaired) electrons. The SMILES string of the molecule is CCC(CC)(C(N)c1cccnc1)N1CCCC1. The average Bonchev–Trinajstić information content (AvgIpc) is 2.96. The summed E-state index contributed by atoms with van der Waals surface area (Å²) in [7, 11) is 0. The van der Waals surface area contributed by atoms with E-state index >= 15 is 0 Å². The highest BCUT2D eigenvalue weighted by Gasteiger charge is 2.40. The fourth-order valence-corrected chi connectivity index (χ4v) is 3.37. The second-order valence-corrected chi connectivity index (χ2v) is 5.27. The van der Waals surface area contributed by atoms with Crippen molar-refractivity contribution in [3.63, 3.8) is 0 Å². The van der Waals surface area contributed by atoms with Crippen molar-refractivity contribution in [2.75, 3.05) is 13.1 Å². The molecule has 1 saturated heterocycles. The van der Waals surface area contributed by atoms with Crippen LogP contribution < -0.4 is 5.73 Å². The molecule has 2 heterocycles. The Morgan fingerprint density at radius 2 is 2.00 bits per heavy atom. The van der Waals surface area contributed by atoms with Crippen LogP contribution in [0, 0.1) is 0 Å². The monoisotopic (exact) mass is 247 g/mol. The van der Waals surface area contributed by atoms with Crippen molar-refractivity contribution in [3.8, 4) is 0 Å². The summed E-state index contributed by atoms with van der Waals surface area (Å²) in [5.74, 6) is 0. The molecule has 1 unspecified atom stereocenters. The molecule has 0 bridgehead atoms. The third kappa shape index (κ3) is 2.29. The molecule has 1 aromatic heterocycles. The highest BCUT2D eigenvalue weighted by Crippen LogP contribution is 2.37. The summed E-state index contributed by atoms with van der Waals surface area (Å²) in [5, 5.41) is 0. The fraction of sp³-hybridized carbons (Fsp3) is 0.667. The quantitative estimate of drug-likeness (QED) is 0.870. The van der Waals surface area contributed by atoms with E-state index in [2.05, 4.69) is 29.8 Å². The molecule has 2 rings (SSSR count). The first-order valence-electron chi connectivity index (χ1n) is 7.15. The Balaban J connectivity index is 2.28. The van der Waals surface area contributed by atoms with Crippen LogP contribution in [0.25, 0.3) is 0 Å².